The maximum absolute atomic E-state index is 13.1. The van der Waals surface area contributed by atoms with Gasteiger partial charge in [-0.1, -0.05) is 11.2 Å². The number of fused-ring (bicyclic) bond motifs is 4. The third-order valence-corrected chi connectivity index (χ3v) is 7.09. The molecule has 0 aromatic carbocycles. The van der Waals surface area contributed by atoms with Gasteiger partial charge in [0, 0.05) is 37.3 Å². The van der Waals surface area contributed by atoms with Gasteiger partial charge in [-0.3, -0.25) is 4.79 Å². The van der Waals surface area contributed by atoms with Crippen molar-refractivity contribution in [1.29, 1.82) is 0 Å². The molecule has 4 rings (SSSR count). The van der Waals surface area contributed by atoms with E-state index >= 15 is 0 Å². The third kappa shape index (κ3) is 2.24. The molecular weight excluding hydrogens is 330 g/mol. The number of hydrogen-bond acceptors (Lipinski definition) is 5. The minimum Gasteiger partial charge on any atom is -0.360 e. The van der Waals surface area contributed by atoms with E-state index in [1.807, 2.05) is 6.07 Å². The summed E-state index contributed by atoms with van der Waals surface area (Å²) < 4.78 is 34.5. The third-order valence-electron chi connectivity index (χ3n) is 5.01. The molecule has 1 saturated heterocycles. The topological polar surface area (TPSA) is 85.4 Å². The van der Waals surface area contributed by atoms with Gasteiger partial charge in [0.05, 0.1) is 0 Å². The van der Waals surface area contributed by atoms with E-state index in [0.29, 0.717) is 31.1 Å². The van der Waals surface area contributed by atoms with E-state index in [1.165, 1.54) is 4.31 Å². The monoisotopic (exact) mass is 349 g/mol. The Labute approximate surface area is 139 Å². The summed E-state index contributed by atoms with van der Waals surface area (Å²) in [5, 5.41) is 3.77. The van der Waals surface area contributed by atoms with Crippen LogP contribution in [0.25, 0.3) is 0 Å². The molecule has 4 heterocycles. The van der Waals surface area contributed by atoms with E-state index in [0.717, 1.165) is 12.1 Å². The molecule has 8 heteroatoms. The summed E-state index contributed by atoms with van der Waals surface area (Å²) in [5.41, 5.74) is 1.31. The fraction of sp³-hybridized carbons (Fsp3) is 0.500. The van der Waals surface area contributed by atoms with Crippen LogP contribution >= 0.6 is 0 Å². The molecule has 2 bridgehead atoms. The molecule has 2 aliphatic rings. The Kier molecular flexibility index (Phi) is 3.43. The lowest BCUT2D eigenvalue weighted by Gasteiger charge is -2.41. The fourth-order valence-corrected chi connectivity index (χ4v) is 5.87. The summed E-state index contributed by atoms with van der Waals surface area (Å²) in [5.74, 6) is 0.507. The molecular formula is C16H19N3O4S. The van der Waals surface area contributed by atoms with Crippen LogP contribution in [0, 0.1) is 19.8 Å². The van der Waals surface area contributed by atoms with Gasteiger partial charge in [-0.25, -0.2) is 8.42 Å². The largest absolute Gasteiger partial charge is 0.360 e. The van der Waals surface area contributed by atoms with Crippen LogP contribution in [0.4, 0.5) is 0 Å². The molecule has 0 spiro atoms. The van der Waals surface area contributed by atoms with Crippen LogP contribution in [0.3, 0.4) is 0 Å². The van der Waals surface area contributed by atoms with Gasteiger partial charge in [0.15, 0.2) is 5.76 Å². The van der Waals surface area contributed by atoms with Crippen molar-refractivity contribution >= 4 is 10.0 Å². The van der Waals surface area contributed by atoms with Crippen LogP contribution in [0.15, 0.2) is 32.4 Å². The maximum atomic E-state index is 13.1. The highest BCUT2D eigenvalue weighted by Crippen LogP contribution is 2.37. The average Bonchev–Trinajstić information content (AvgIpc) is 2.88. The minimum atomic E-state index is -3.65. The highest BCUT2D eigenvalue weighted by atomic mass is 32.2. The summed E-state index contributed by atoms with van der Waals surface area (Å²) in [6.45, 7) is 4.63. The highest BCUT2D eigenvalue weighted by Gasteiger charge is 2.41. The van der Waals surface area contributed by atoms with Crippen LogP contribution in [0.5, 0.6) is 0 Å². The number of piperidine rings is 1. The smallest absolute Gasteiger partial charge is 0.250 e. The Balaban J connectivity index is 1.73. The Bertz CT molecular complexity index is 940. The molecule has 2 unspecified atom stereocenters. The second-order valence-electron chi connectivity index (χ2n) is 6.67. The van der Waals surface area contributed by atoms with Crippen molar-refractivity contribution in [3.05, 3.63) is 45.7 Å². The van der Waals surface area contributed by atoms with Crippen LogP contribution in [0.2, 0.25) is 0 Å². The average molecular weight is 349 g/mol. The molecule has 0 N–H and O–H groups in total. The number of hydrogen-bond donors (Lipinski definition) is 0. The lowest BCUT2D eigenvalue weighted by Crippen LogP contribution is -2.49. The van der Waals surface area contributed by atoms with Crippen LogP contribution in [0.1, 0.15) is 29.5 Å². The molecule has 0 amide bonds. The van der Waals surface area contributed by atoms with Crippen LogP contribution in [-0.2, 0) is 16.6 Å². The summed E-state index contributed by atoms with van der Waals surface area (Å²) >= 11 is 0. The molecule has 2 atom stereocenters. The summed E-state index contributed by atoms with van der Waals surface area (Å²) in [7, 11) is -3.65. The van der Waals surface area contributed by atoms with Gasteiger partial charge in [0.2, 0.25) is 10.0 Å². The first-order valence-corrected chi connectivity index (χ1v) is 9.44. The Morgan fingerprint density at radius 2 is 2.00 bits per heavy atom. The highest BCUT2D eigenvalue weighted by molar-refractivity contribution is 7.89. The summed E-state index contributed by atoms with van der Waals surface area (Å²) in [6, 6.07) is 5.23. The molecule has 1 fully saturated rings. The van der Waals surface area contributed by atoms with Crippen molar-refractivity contribution in [2.45, 2.75) is 37.6 Å². The van der Waals surface area contributed by atoms with Gasteiger partial charge >= 0.3 is 0 Å². The van der Waals surface area contributed by atoms with Gasteiger partial charge in [-0.2, -0.15) is 4.31 Å². The standard InChI is InChI=1S/C16H19N3O4S/c1-10-16(11(2)23-17-10)24(21,22)18-7-12-6-13(9-18)14-4-3-5-15(20)19(14)8-12/h3-5,12-13H,6-9H2,1-2H3. The molecule has 128 valence electrons. The second-order valence-corrected chi connectivity index (χ2v) is 8.55. The normalized spacial score (nSPS) is 23.9. The lowest BCUT2D eigenvalue weighted by atomic mass is 9.84. The van der Waals surface area contributed by atoms with Crippen LogP contribution in [-0.4, -0.2) is 35.5 Å². The van der Waals surface area contributed by atoms with Gasteiger partial charge < -0.3 is 9.09 Å². The first-order valence-electron chi connectivity index (χ1n) is 8.00. The quantitative estimate of drug-likeness (QED) is 0.815. The van der Waals surface area contributed by atoms with E-state index in [4.69, 9.17) is 4.52 Å². The van der Waals surface area contributed by atoms with Crippen molar-refractivity contribution in [3.63, 3.8) is 0 Å². The summed E-state index contributed by atoms with van der Waals surface area (Å²) in [4.78, 5) is 12.2. The molecule has 0 radical (unpaired) electrons. The number of pyridine rings is 1. The van der Waals surface area contributed by atoms with Crippen molar-refractivity contribution in [1.82, 2.24) is 14.0 Å². The molecule has 0 aliphatic carbocycles. The van der Waals surface area contributed by atoms with E-state index in [2.05, 4.69) is 5.16 Å². The second kappa shape index (κ2) is 5.29. The molecule has 2 aliphatic heterocycles. The van der Waals surface area contributed by atoms with E-state index in [1.54, 1.807) is 30.5 Å². The van der Waals surface area contributed by atoms with Gasteiger partial charge in [-0.15, -0.1) is 0 Å². The zero-order valence-corrected chi connectivity index (χ0v) is 14.4. The molecule has 7 nitrogen and oxygen atoms in total. The summed E-state index contributed by atoms with van der Waals surface area (Å²) in [6.07, 6.45) is 0.914. The van der Waals surface area contributed by atoms with Gasteiger partial charge in [0.25, 0.3) is 5.56 Å². The Hall–Kier alpha value is -1.93. The number of aryl methyl sites for hydroxylation is 2. The minimum absolute atomic E-state index is 0.00997. The predicted octanol–water partition coefficient (Wildman–Crippen LogP) is 1.26. The lowest BCUT2D eigenvalue weighted by molar-refractivity contribution is 0.186. The van der Waals surface area contributed by atoms with Gasteiger partial charge in [-0.05, 0) is 32.3 Å². The number of nitrogens with zero attached hydrogens (tertiary/aromatic N) is 3. The first kappa shape index (κ1) is 15.6. The zero-order valence-electron chi connectivity index (χ0n) is 13.6. The van der Waals surface area contributed by atoms with E-state index in [-0.39, 0.29) is 22.3 Å². The van der Waals surface area contributed by atoms with Gasteiger partial charge in [0.1, 0.15) is 10.6 Å². The zero-order chi connectivity index (χ0) is 17.1. The molecule has 2 aromatic heterocycles. The Morgan fingerprint density at radius 3 is 2.71 bits per heavy atom. The number of sulfonamides is 1. The molecule has 0 saturated carbocycles. The van der Waals surface area contributed by atoms with E-state index < -0.39 is 10.0 Å². The fourth-order valence-electron chi connectivity index (χ4n) is 4.02. The van der Waals surface area contributed by atoms with Crippen molar-refractivity contribution in [2.24, 2.45) is 5.92 Å². The number of aromatic nitrogens is 2. The van der Waals surface area contributed by atoms with Crippen molar-refractivity contribution in [2.75, 3.05) is 13.1 Å². The van der Waals surface area contributed by atoms with Crippen LogP contribution < -0.4 is 5.56 Å². The molecule has 2 aromatic rings. The van der Waals surface area contributed by atoms with E-state index in [9.17, 15) is 13.2 Å². The predicted molar refractivity (Wildman–Crippen MR) is 86.3 cm³/mol. The van der Waals surface area contributed by atoms with Crippen molar-refractivity contribution in [3.8, 4) is 0 Å². The first-order chi connectivity index (χ1) is 11.4. The maximum Gasteiger partial charge on any atom is 0.250 e. The number of rotatable bonds is 2. The SMILES string of the molecule is Cc1noc(C)c1S(=O)(=O)N1CC2CC(C1)c1cccc(=O)n1C2. The van der Waals surface area contributed by atoms with Crippen molar-refractivity contribution < 1.29 is 12.9 Å². The Morgan fingerprint density at radius 1 is 1.21 bits per heavy atom. The molecule has 24 heavy (non-hydrogen) atoms.